The molecule has 1 atom stereocenters. The van der Waals surface area contributed by atoms with Gasteiger partial charge in [0, 0.05) is 22.3 Å². The van der Waals surface area contributed by atoms with Crippen molar-refractivity contribution in [2.75, 3.05) is 0 Å². The highest BCUT2D eigenvalue weighted by molar-refractivity contribution is 6.30. The standard InChI is InChI=1S/C15H20ClN3O2/c1-4-10(2)17-14(20)8-11(3)18-19-15(21)12-6-5-7-13(16)9-12/h5-7,9-10H,4,8H2,1-3H3,(H,17,20)(H,19,21)/b18-11-/t10-/m0/s1. The maximum atomic E-state index is 11.8. The molecule has 0 fully saturated rings. The van der Waals surface area contributed by atoms with Crippen molar-refractivity contribution < 1.29 is 9.59 Å². The van der Waals surface area contributed by atoms with Gasteiger partial charge in [-0.25, -0.2) is 5.43 Å². The van der Waals surface area contributed by atoms with Gasteiger partial charge in [0.05, 0.1) is 6.42 Å². The Morgan fingerprint density at radius 1 is 1.38 bits per heavy atom. The minimum Gasteiger partial charge on any atom is -0.353 e. The second kappa shape index (κ2) is 8.42. The van der Waals surface area contributed by atoms with E-state index in [1.807, 2.05) is 13.8 Å². The van der Waals surface area contributed by atoms with Crippen LogP contribution in [-0.2, 0) is 4.79 Å². The molecule has 0 heterocycles. The van der Waals surface area contributed by atoms with Crippen LogP contribution in [0.2, 0.25) is 5.02 Å². The molecule has 21 heavy (non-hydrogen) atoms. The second-order valence-corrected chi connectivity index (χ2v) is 5.29. The zero-order valence-corrected chi connectivity index (χ0v) is 13.2. The lowest BCUT2D eigenvalue weighted by atomic mass is 10.2. The van der Waals surface area contributed by atoms with Crippen molar-refractivity contribution in [1.29, 1.82) is 0 Å². The molecule has 0 spiro atoms. The first kappa shape index (κ1) is 17.2. The van der Waals surface area contributed by atoms with E-state index in [1.165, 1.54) is 0 Å². The fourth-order valence-corrected chi connectivity index (χ4v) is 1.73. The molecule has 1 rings (SSSR count). The SMILES string of the molecule is CC[C@H](C)NC(=O)C/C(C)=N\NC(=O)c1cccc(Cl)c1. The molecule has 0 radical (unpaired) electrons. The number of hydrazone groups is 1. The fraction of sp³-hybridized carbons (Fsp3) is 0.400. The second-order valence-electron chi connectivity index (χ2n) is 4.85. The van der Waals surface area contributed by atoms with Crippen molar-refractivity contribution >= 4 is 29.1 Å². The monoisotopic (exact) mass is 309 g/mol. The predicted molar refractivity (Wildman–Crippen MR) is 84.5 cm³/mol. The van der Waals surface area contributed by atoms with Gasteiger partial charge in [0.25, 0.3) is 5.91 Å². The van der Waals surface area contributed by atoms with E-state index in [2.05, 4.69) is 15.8 Å². The molecule has 0 aromatic heterocycles. The largest absolute Gasteiger partial charge is 0.353 e. The number of nitrogens with zero attached hydrogens (tertiary/aromatic N) is 1. The van der Waals surface area contributed by atoms with Crippen LogP contribution in [-0.4, -0.2) is 23.6 Å². The first-order valence-corrected chi connectivity index (χ1v) is 7.18. The summed E-state index contributed by atoms with van der Waals surface area (Å²) in [5.41, 5.74) is 3.36. The molecule has 0 aliphatic heterocycles. The number of rotatable bonds is 6. The highest BCUT2D eigenvalue weighted by Crippen LogP contribution is 2.10. The first-order chi connectivity index (χ1) is 9.92. The highest BCUT2D eigenvalue weighted by atomic mass is 35.5. The van der Waals surface area contributed by atoms with E-state index in [1.54, 1.807) is 31.2 Å². The maximum Gasteiger partial charge on any atom is 0.271 e. The summed E-state index contributed by atoms with van der Waals surface area (Å²) in [6.45, 7) is 5.62. The normalized spacial score (nSPS) is 12.7. The Labute approximate surface area is 129 Å². The lowest BCUT2D eigenvalue weighted by Gasteiger charge is -2.11. The van der Waals surface area contributed by atoms with E-state index in [9.17, 15) is 9.59 Å². The molecule has 0 aliphatic carbocycles. The minimum absolute atomic E-state index is 0.109. The van der Waals surface area contributed by atoms with Crippen LogP contribution in [0.5, 0.6) is 0 Å². The number of hydrogen-bond donors (Lipinski definition) is 2. The van der Waals surface area contributed by atoms with E-state index < -0.39 is 0 Å². The van der Waals surface area contributed by atoms with Crippen LogP contribution in [0.1, 0.15) is 44.0 Å². The summed E-state index contributed by atoms with van der Waals surface area (Å²) in [6.07, 6.45) is 1.02. The Hall–Kier alpha value is -1.88. The van der Waals surface area contributed by atoms with Crippen molar-refractivity contribution in [3.05, 3.63) is 34.9 Å². The zero-order chi connectivity index (χ0) is 15.8. The quantitative estimate of drug-likeness (QED) is 0.626. The van der Waals surface area contributed by atoms with Crippen LogP contribution < -0.4 is 10.7 Å². The number of hydrogen-bond acceptors (Lipinski definition) is 3. The van der Waals surface area contributed by atoms with Gasteiger partial charge >= 0.3 is 0 Å². The smallest absolute Gasteiger partial charge is 0.271 e. The molecule has 2 N–H and O–H groups in total. The van der Waals surface area contributed by atoms with Crippen molar-refractivity contribution in [3.63, 3.8) is 0 Å². The molecular formula is C15H20ClN3O2. The lowest BCUT2D eigenvalue weighted by molar-refractivity contribution is -0.120. The molecule has 0 bridgehead atoms. The summed E-state index contributed by atoms with van der Waals surface area (Å²) in [4.78, 5) is 23.5. The summed E-state index contributed by atoms with van der Waals surface area (Å²) >= 11 is 5.81. The molecule has 6 heteroatoms. The Bertz CT molecular complexity index is 543. The first-order valence-electron chi connectivity index (χ1n) is 6.80. The summed E-state index contributed by atoms with van der Waals surface area (Å²) in [7, 11) is 0. The number of carbonyl (C=O) groups is 2. The third-order valence-electron chi connectivity index (χ3n) is 2.87. The summed E-state index contributed by atoms with van der Waals surface area (Å²) in [6, 6.07) is 6.70. The van der Waals surface area contributed by atoms with E-state index in [0.29, 0.717) is 16.3 Å². The highest BCUT2D eigenvalue weighted by Gasteiger charge is 2.08. The molecule has 1 aromatic rings. The van der Waals surface area contributed by atoms with Gasteiger partial charge in [-0.2, -0.15) is 5.10 Å². The fourth-order valence-electron chi connectivity index (χ4n) is 1.54. The van der Waals surface area contributed by atoms with E-state index in [0.717, 1.165) is 6.42 Å². The maximum absolute atomic E-state index is 11.8. The Morgan fingerprint density at radius 3 is 2.71 bits per heavy atom. The molecular weight excluding hydrogens is 290 g/mol. The molecule has 0 unspecified atom stereocenters. The Balaban J connectivity index is 2.52. The number of benzene rings is 1. The average Bonchev–Trinajstić information content (AvgIpc) is 2.44. The third kappa shape index (κ3) is 6.40. The number of carbonyl (C=O) groups excluding carboxylic acids is 2. The van der Waals surface area contributed by atoms with Gasteiger partial charge in [0.2, 0.25) is 5.91 Å². The minimum atomic E-state index is -0.362. The van der Waals surface area contributed by atoms with Crippen LogP contribution in [0.25, 0.3) is 0 Å². The van der Waals surface area contributed by atoms with Crippen molar-refractivity contribution in [3.8, 4) is 0 Å². The van der Waals surface area contributed by atoms with Crippen molar-refractivity contribution in [2.45, 2.75) is 39.7 Å². The molecule has 2 amide bonds. The van der Waals surface area contributed by atoms with Gasteiger partial charge in [-0.1, -0.05) is 24.6 Å². The molecule has 114 valence electrons. The van der Waals surface area contributed by atoms with Gasteiger partial charge < -0.3 is 5.32 Å². The van der Waals surface area contributed by atoms with Gasteiger partial charge in [0.1, 0.15) is 0 Å². The van der Waals surface area contributed by atoms with Crippen LogP contribution in [0.15, 0.2) is 29.4 Å². The van der Waals surface area contributed by atoms with Crippen LogP contribution >= 0.6 is 11.6 Å². The van der Waals surface area contributed by atoms with Gasteiger partial charge in [-0.15, -0.1) is 0 Å². The number of amides is 2. The van der Waals surface area contributed by atoms with E-state index in [-0.39, 0.29) is 24.3 Å². The van der Waals surface area contributed by atoms with Crippen LogP contribution in [0, 0.1) is 0 Å². The van der Waals surface area contributed by atoms with Crippen LogP contribution in [0.3, 0.4) is 0 Å². The van der Waals surface area contributed by atoms with Crippen LogP contribution in [0.4, 0.5) is 0 Å². The molecule has 5 nitrogen and oxygen atoms in total. The summed E-state index contributed by atoms with van der Waals surface area (Å²) < 4.78 is 0. The summed E-state index contributed by atoms with van der Waals surface area (Å²) in [5.74, 6) is -0.471. The molecule has 1 aromatic carbocycles. The molecule has 0 saturated heterocycles. The topological polar surface area (TPSA) is 70.6 Å². The van der Waals surface area contributed by atoms with E-state index >= 15 is 0 Å². The van der Waals surface area contributed by atoms with Gasteiger partial charge in [-0.3, -0.25) is 9.59 Å². The third-order valence-corrected chi connectivity index (χ3v) is 3.11. The van der Waals surface area contributed by atoms with Gasteiger partial charge in [0.15, 0.2) is 0 Å². The summed E-state index contributed by atoms with van der Waals surface area (Å²) in [5, 5.41) is 7.24. The Morgan fingerprint density at radius 2 is 2.10 bits per heavy atom. The molecule has 0 saturated carbocycles. The lowest BCUT2D eigenvalue weighted by Crippen LogP contribution is -2.33. The van der Waals surface area contributed by atoms with E-state index in [4.69, 9.17) is 11.6 Å². The number of halogens is 1. The van der Waals surface area contributed by atoms with Crippen molar-refractivity contribution in [2.24, 2.45) is 5.10 Å². The predicted octanol–water partition coefficient (Wildman–Crippen LogP) is 2.75. The molecule has 0 aliphatic rings. The zero-order valence-electron chi connectivity index (χ0n) is 12.4. The van der Waals surface area contributed by atoms with Gasteiger partial charge in [-0.05, 0) is 38.5 Å². The van der Waals surface area contributed by atoms with Crippen molar-refractivity contribution in [1.82, 2.24) is 10.7 Å². The average molecular weight is 310 g/mol. The number of nitrogens with one attached hydrogen (secondary N) is 2. The Kier molecular flexibility index (Phi) is 6.88.